The zero-order valence-electron chi connectivity index (χ0n) is 8.80. The van der Waals surface area contributed by atoms with Gasteiger partial charge in [0.1, 0.15) is 0 Å². The fourth-order valence-electron chi connectivity index (χ4n) is 1.24. The Morgan fingerprint density at radius 1 is 1.31 bits per heavy atom. The van der Waals surface area contributed by atoms with E-state index < -0.39 is 0 Å². The molecule has 0 bridgehead atoms. The van der Waals surface area contributed by atoms with Gasteiger partial charge in [0.2, 0.25) is 0 Å². The Balaban J connectivity index is 2.22. The van der Waals surface area contributed by atoms with Crippen molar-refractivity contribution in [3.8, 4) is 0 Å². The molecule has 0 saturated heterocycles. The highest BCUT2D eigenvalue weighted by Gasteiger charge is 1.98. The summed E-state index contributed by atoms with van der Waals surface area (Å²) in [5.41, 5.74) is 1.19. The van der Waals surface area contributed by atoms with Crippen LogP contribution in [-0.2, 0) is 6.42 Å². The maximum absolute atomic E-state index is 11.2. The predicted molar refractivity (Wildman–Crippen MR) is 70.0 cm³/mol. The molecule has 0 unspecified atom stereocenters. The first-order chi connectivity index (χ1) is 7.72. The van der Waals surface area contributed by atoms with Crippen molar-refractivity contribution in [2.45, 2.75) is 6.42 Å². The van der Waals surface area contributed by atoms with Crippen molar-refractivity contribution >= 4 is 33.6 Å². The molecule has 2 amide bonds. The number of hydrogen-bond donors (Lipinski definition) is 2. The van der Waals surface area contributed by atoms with Crippen LogP contribution in [0.3, 0.4) is 0 Å². The Morgan fingerprint density at radius 3 is 2.75 bits per heavy atom. The lowest BCUT2D eigenvalue weighted by molar-refractivity contribution is 0.241. The average molecular weight is 306 g/mol. The van der Waals surface area contributed by atoms with E-state index in [0.717, 1.165) is 10.9 Å². The molecular formula is C11H14BrClN2O. The Labute approximate surface area is 109 Å². The van der Waals surface area contributed by atoms with Gasteiger partial charge in [-0.1, -0.05) is 28.1 Å². The summed E-state index contributed by atoms with van der Waals surface area (Å²) in [6.45, 7) is 1.11. The largest absolute Gasteiger partial charge is 0.338 e. The van der Waals surface area contributed by atoms with Crippen LogP contribution < -0.4 is 10.6 Å². The van der Waals surface area contributed by atoms with Gasteiger partial charge in [-0.3, -0.25) is 0 Å². The van der Waals surface area contributed by atoms with Crippen LogP contribution in [0.5, 0.6) is 0 Å². The molecule has 0 saturated carbocycles. The van der Waals surface area contributed by atoms with Gasteiger partial charge in [0.15, 0.2) is 0 Å². The second kappa shape index (κ2) is 7.52. The van der Waals surface area contributed by atoms with E-state index in [0.29, 0.717) is 19.0 Å². The molecule has 2 N–H and O–H groups in total. The van der Waals surface area contributed by atoms with Crippen molar-refractivity contribution in [3.63, 3.8) is 0 Å². The molecule has 0 radical (unpaired) electrons. The first-order valence-electron chi connectivity index (χ1n) is 5.04. The van der Waals surface area contributed by atoms with Crippen LogP contribution in [0.25, 0.3) is 0 Å². The highest BCUT2D eigenvalue weighted by Crippen LogP contribution is 2.11. The summed E-state index contributed by atoms with van der Waals surface area (Å²) in [6.07, 6.45) is 0.813. The normalized spacial score (nSPS) is 9.88. The first-order valence-corrected chi connectivity index (χ1v) is 6.37. The van der Waals surface area contributed by atoms with Gasteiger partial charge >= 0.3 is 6.03 Å². The van der Waals surface area contributed by atoms with E-state index in [2.05, 4.69) is 26.6 Å². The summed E-state index contributed by atoms with van der Waals surface area (Å²) in [6, 6.07) is 7.86. The van der Waals surface area contributed by atoms with Gasteiger partial charge in [0.25, 0.3) is 0 Å². The van der Waals surface area contributed by atoms with Crippen molar-refractivity contribution in [3.05, 3.63) is 34.3 Å². The summed E-state index contributed by atoms with van der Waals surface area (Å²) < 4.78 is 1.05. The number of halogens is 2. The minimum Gasteiger partial charge on any atom is -0.338 e. The zero-order chi connectivity index (χ0) is 11.8. The molecule has 1 aromatic carbocycles. The van der Waals surface area contributed by atoms with Gasteiger partial charge in [-0.15, -0.1) is 11.6 Å². The van der Waals surface area contributed by atoms with E-state index in [1.165, 1.54) is 5.56 Å². The summed E-state index contributed by atoms with van der Waals surface area (Å²) in [4.78, 5) is 11.2. The topological polar surface area (TPSA) is 41.1 Å². The smallest absolute Gasteiger partial charge is 0.314 e. The third-order valence-electron chi connectivity index (χ3n) is 1.97. The zero-order valence-corrected chi connectivity index (χ0v) is 11.1. The van der Waals surface area contributed by atoms with E-state index >= 15 is 0 Å². The van der Waals surface area contributed by atoms with E-state index in [1.54, 1.807) is 0 Å². The first kappa shape index (κ1) is 13.3. The molecule has 0 spiro atoms. The molecule has 1 aromatic rings. The number of hydrogen-bond acceptors (Lipinski definition) is 1. The van der Waals surface area contributed by atoms with E-state index in [4.69, 9.17) is 11.6 Å². The fourth-order valence-corrected chi connectivity index (χ4v) is 1.78. The maximum Gasteiger partial charge on any atom is 0.314 e. The number of carbonyl (C=O) groups excluding carboxylic acids is 1. The number of nitrogens with one attached hydrogen (secondary N) is 2. The Kier molecular flexibility index (Phi) is 6.26. The Hall–Kier alpha value is -0.740. The third kappa shape index (κ3) is 5.37. The standard InChI is InChI=1S/C11H14BrClN2O/c12-10-3-1-2-9(8-10)4-6-14-11(16)15-7-5-13/h1-3,8H,4-7H2,(H2,14,15,16). The van der Waals surface area contributed by atoms with E-state index in [1.807, 2.05) is 24.3 Å². The second-order valence-corrected chi connectivity index (χ2v) is 4.55. The number of benzene rings is 1. The Bertz CT molecular complexity index is 347. The molecule has 0 aliphatic heterocycles. The van der Waals surface area contributed by atoms with Gasteiger partial charge in [0.05, 0.1) is 0 Å². The van der Waals surface area contributed by atoms with Crippen LogP contribution in [0.1, 0.15) is 5.56 Å². The SMILES string of the molecule is O=C(NCCCl)NCCc1cccc(Br)c1. The summed E-state index contributed by atoms with van der Waals surface area (Å²) in [7, 11) is 0. The molecular weight excluding hydrogens is 291 g/mol. The van der Waals surface area contributed by atoms with Crippen molar-refractivity contribution in [2.75, 3.05) is 19.0 Å². The van der Waals surface area contributed by atoms with Crippen molar-refractivity contribution in [1.29, 1.82) is 0 Å². The minimum atomic E-state index is -0.171. The monoisotopic (exact) mass is 304 g/mol. The van der Waals surface area contributed by atoms with Crippen LogP contribution in [-0.4, -0.2) is 25.0 Å². The molecule has 88 valence electrons. The van der Waals surface area contributed by atoms with Crippen LogP contribution in [0.15, 0.2) is 28.7 Å². The van der Waals surface area contributed by atoms with Crippen molar-refractivity contribution in [2.24, 2.45) is 0 Å². The van der Waals surface area contributed by atoms with Gasteiger partial charge in [0, 0.05) is 23.4 Å². The van der Waals surface area contributed by atoms with Crippen molar-refractivity contribution < 1.29 is 4.79 Å². The molecule has 0 aliphatic rings. The number of urea groups is 1. The number of alkyl halides is 1. The van der Waals surface area contributed by atoms with E-state index in [-0.39, 0.29) is 6.03 Å². The van der Waals surface area contributed by atoms with Crippen LogP contribution in [0.2, 0.25) is 0 Å². The lowest BCUT2D eigenvalue weighted by Gasteiger charge is -2.06. The molecule has 0 atom stereocenters. The molecule has 0 aromatic heterocycles. The molecule has 5 heteroatoms. The third-order valence-corrected chi connectivity index (χ3v) is 2.65. The summed E-state index contributed by atoms with van der Waals surface area (Å²) in [5.74, 6) is 0.430. The molecule has 0 heterocycles. The Morgan fingerprint density at radius 2 is 2.06 bits per heavy atom. The minimum absolute atomic E-state index is 0.171. The predicted octanol–water partition coefficient (Wildman–Crippen LogP) is 2.53. The van der Waals surface area contributed by atoms with Gasteiger partial charge in [-0.2, -0.15) is 0 Å². The van der Waals surface area contributed by atoms with Crippen LogP contribution in [0.4, 0.5) is 4.79 Å². The highest BCUT2D eigenvalue weighted by atomic mass is 79.9. The summed E-state index contributed by atoms with van der Waals surface area (Å²) in [5, 5.41) is 5.40. The molecule has 0 fully saturated rings. The molecule has 3 nitrogen and oxygen atoms in total. The quantitative estimate of drug-likeness (QED) is 0.807. The molecule has 16 heavy (non-hydrogen) atoms. The second-order valence-electron chi connectivity index (χ2n) is 3.25. The van der Waals surface area contributed by atoms with Gasteiger partial charge < -0.3 is 10.6 Å². The average Bonchev–Trinajstić information content (AvgIpc) is 2.26. The highest BCUT2D eigenvalue weighted by molar-refractivity contribution is 9.10. The lowest BCUT2D eigenvalue weighted by atomic mass is 10.1. The maximum atomic E-state index is 11.2. The summed E-state index contributed by atoms with van der Waals surface area (Å²) >= 11 is 8.85. The van der Waals surface area contributed by atoms with E-state index in [9.17, 15) is 4.79 Å². The fraction of sp³-hybridized carbons (Fsp3) is 0.364. The number of rotatable bonds is 5. The van der Waals surface area contributed by atoms with Crippen LogP contribution >= 0.6 is 27.5 Å². The van der Waals surface area contributed by atoms with Crippen LogP contribution in [0, 0.1) is 0 Å². The number of amides is 2. The molecule has 1 rings (SSSR count). The van der Waals surface area contributed by atoms with Gasteiger partial charge in [-0.05, 0) is 24.1 Å². The molecule has 0 aliphatic carbocycles. The van der Waals surface area contributed by atoms with Gasteiger partial charge in [-0.25, -0.2) is 4.79 Å². The number of carbonyl (C=O) groups is 1. The van der Waals surface area contributed by atoms with Crippen molar-refractivity contribution in [1.82, 2.24) is 10.6 Å². The lowest BCUT2D eigenvalue weighted by Crippen LogP contribution is -2.37.